The quantitative estimate of drug-likeness (QED) is 0.727. The number of nitrogens with two attached hydrogens (primary N) is 1. The van der Waals surface area contributed by atoms with Crippen molar-refractivity contribution in [3.63, 3.8) is 0 Å². The normalized spacial score (nSPS) is 20.5. The van der Waals surface area contributed by atoms with Crippen LogP contribution in [0.4, 0.5) is 0 Å². The molecule has 18 heavy (non-hydrogen) atoms. The molecule has 0 aromatic heterocycles. The first-order valence-corrected chi connectivity index (χ1v) is 6.69. The number of carbonyl (C=O) groups is 1. The van der Waals surface area contributed by atoms with Crippen molar-refractivity contribution in [1.82, 2.24) is 9.80 Å². The van der Waals surface area contributed by atoms with Gasteiger partial charge in [-0.1, -0.05) is 19.1 Å². The van der Waals surface area contributed by atoms with Crippen LogP contribution < -0.4 is 5.73 Å². The van der Waals surface area contributed by atoms with Crippen molar-refractivity contribution in [3.8, 4) is 0 Å². The number of carbonyl (C=O) groups excluding carboxylic acids is 1. The van der Waals surface area contributed by atoms with Gasteiger partial charge in [0.25, 0.3) is 5.91 Å². The Morgan fingerprint density at radius 2 is 1.94 bits per heavy atom. The Morgan fingerprint density at radius 3 is 2.33 bits per heavy atom. The summed E-state index contributed by atoms with van der Waals surface area (Å²) in [4.78, 5) is 16.9. The van der Waals surface area contributed by atoms with Crippen molar-refractivity contribution in [2.45, 2.75) is 25.9 Å². The second kappa shape index (κ2) is 6.45. The molecule has 104 valence electrons. The molecule has 0 bridgehead atoms. The number of rotatable bonds is 5. The molecule has 1 aliphatic heterocycles. The first-order chi connectivity index (χ1) is 8.42. The zero-order valence-corrected chi connectivity index (χ0v) is 12.3. The van der Waals surface area contributed by atoms with Crippen molar-refractivity contribution in [2.75, 3.05) is 39.8 Å². The number of thiocarbonyl (C=S) groups is 1. The Hall–Kier alpha value is -0.720. The minimum absolute atomic E-state index is 0.0717. The van der Waals surface area contributed by atoms with Gasteiger partial charge >= 0.3 is 0 Å². The Morgan fingerprint density at radius 1 is 1.39 bits per heavy atom. The average Bonchev–Trinajstić information content (AvgIpc) is 2.37. The van der Waals surface area contributed by atoms with Crippen LogP contribution in [0.3, 0.4) is 0 Å². The van der Waals surface area contributed by atoms with E-state index in [9.17, 15) is 4.79 Å². The Bertz CT molecular complexity index is 310. The van der Waals surface area contributed by atoms with Crippen LogP contribution in [-0.2, 0) is 9.53 Å². The lowest BCUT2D eigenvalue weighted by Crippen LogP contribution is -2.56. The van der Waals surface area contributed by atoms with E-state index in [4.69, 9.17) is 22.7 Å². The van der Waals surface area contributed by atoms with Gasteiger partial charge in [-0.2, -0.15) is 0 Å². The zero-order chi connectivity index (χ0) is 13.8. The highest BCUT2D eigenvalue weighted by atomic mass is 32.1. The van der Waals surface area contributed by atoms with E-state index in [0.29, 0.717) is 31.0 Å². The van der Waals surface area contributed by atoms with Gasteiger partial charge in [0.2, 0.25) is 0 Å². The van der Waals surface area contributed by atoms with Gasteiger partial charge in [0.05, 0.1) is 4.99 Å². The molecule has 0 aliphatic carbocycles. The number of amides is 1. The highest BCUT2D eigenvalue weighted by Crippen LogP contribution is 2.18. The summed E-state index contributed by atoms with van der Waals surface area (Å²) in [6.07, 6.45) is 0.676. The molecule has 6 heteroatoms. The lowest BCUT2D eigenvalue weighted by atomic mass is 10.0. The van der Waals surface area contributed by atoms with Crippen LogP contribution in [0.25, 0.3) is 0 Å². The van der Waals surface area contributed by atoms with Gasteiger partial charge in [0.15, 0.2) is 0 Å². The topological polar surface area (TPSA) is 58.8 Å². The van der Waals surface area contributed by atoms with Crippen LogP contribution in [0.5, 0.6) is 0 Å². The molecule has 1 unspecified atom stereocenters. The van der Waals surface area contributed by atoms with Crippen LogP contribution in [0, 0.1) is 0 Å². The Kier molecular flexibility index (Phi) is 5.49. The molecule has 0 aromatic carbocycles. The van der Waals surface area contributed by atoms with Gasteiger partial charge in [0.1, 0.15) is 5.60 Å². The predicted molar refractivity (Wildman–Crippen MR) is 75.5 cm³/mol. The lowest BCUT2D eigenvalue weighted by Gasteiger charge is -2.38. The third kappa shape index (κ3) is 3.63. The molecule has 1 fully saturated rings. The summed E-state index contributed by atoms with van der Waals surface area (Å²) in [5.74, 6) is 0.0717. The molecule has 1 amide bonds. The molecule has 0 aromatic rings. The minimum atomic E-state index is -0.703. The van der Waals surface area contributed by atoms with Gasteiger partial charge < -0.3 is 15.4 Å². The lowest BCUT2D eigenvalue weighted by molar-refractivity contribution is -0.155. The molecule has 5 nitrogen and oxygen atoms in total. The predicted octanol–water partition coefficient (Wildman–Crippen LogP) is 0.232. The molecule has 1 saturated heterocycles. The largest absolute Gasteiger partial charge is 0.392 e. The van der Waals surface area contributed by atoms with E-state index in [1.54, 1.807) is 7.11 Å². The fourth-order valence-electron chi connectivity index (χ4n) is 2.05. The maximum Gasteiger partial charge on any atom is 0.254 e. The van der Waals surface area contributed by atoms with Gasteiger partial charge in [0, 0.05) is 39.8 Å². The van der Waals surface area contributed by atoms with Crippen LogP contribution in [0.2, 0.25) is 0 Å². The minimum Gasteiger partial charge on any atom is -0.392 e. The fourth-order valence-corrected chi connectivity index (χ4v) is 2.23. The molecule has 1 aliphatic rings. The zero-order valence-electron chi connectivity index (χ0n) is 11.4. The molecule has 1 heterocycles. The smallest absolute Gasteiger partial charge is 0.254 e. The summed E-state index contributed by atoms with van der Waals surface area (Å²) in [5.41, 5.74) is 4.82. The van der Waals surface area contributed by atoms with Crippen molar-refractivity contribution in [1.29, 1.82) is 0 Å². The Labute approximate surface area is 114 Å². The van der Waals surface area contributed by atoms with E-state index in [1.807, 2.05) is 18.7 Å². The Balaban J connectivity index is 2.52. The molecule has 1 atom stereocenters. The number of hydrogen-bond acceptors (Lipinski definition) is 4. The van der Waals surface area contributed by atoms with E-state index < -0.39 is 5.60 Å². The molecule has 2 N–H and O–H groups in total. The maximum atomic E-state index is 12.3. The standard InChI is InChI=1S/C12H23N3O2S/c1-4-12(2,17-3)11(16)15-7-5-14(6-8-15)9-10(13)18/h4-9H2,1-3H3,(H2,13,18). The molecule has 0 radical (unpaired) electrons. The van der Waals surface area contributed by atoms with E-state index in [2.05, 4.69) is 4.90 Å². The third-order valence-corrected chi connectivity index (χ3v) is 3.75. The van der Waals surface area contributed by atoms with Crippen molar-refractivity contribution < 1.29 is 9.53 Å². The fraction of sp³-hybridized carbons (Fsp3) is 0.833. The summed E-state index contributed by atoms with van der Waals surface area (Å²) < 4.78 is 5.35. The second-order valence-electron chi connectivity index (χ2n) is 4.82. The van der Waals surface area contributed by atoms with Crippen molar-refractivity contribution in [3.05, 3.63) is 0 Å². The summed E-state index contributed by atoms with van der Waals surface area (Å²) in [6, 6.07) is 0. The number of piperazine rings is 1. The highest BCUT2D eigenvalue weighted by Gasteiger charge is 2.36. The van der Waals surface area contributed by atoms with Gasteiger partial charge in [-0.3, -0.25) is 9.69 Å². The van der Waals surface area contributed by atoms with Crippen LogP contribution in [0.1, 0.15) is 20.3 Å². The summed E-state index contributed by atoms with van der Waals surface area (Å²) in [6.45, 7) is 7.48. The third-order valence-electron chi connectivity index (χ3n) is 3.62. The average molecular weight is 273 g/mol. The van der Waals surface area contributed by atoms with E-state index in [0.717, 1.165) is 13.1 Å². The summed E-state index contributed by atoms with van der Waals surface area (Å²) in [5, 5.41) is 0. The SMILES string of the molecule is CCC(C)(OC)C(=O)N1CCN(CC(N)=S)CC1. The van der Waals surface area contributed by atoms with E-state index >= 15 is 0 Å². The van der Waals surface area contributed by atoms with E-state index in [1.165, 1.54) is 0 Å². The van der Waals surface area contributed by atoms with Crippen LogP contribution in [0.15, 0.2) is 0 Å². The first kappa shape index (κ1) is 15.3. The van der Waals surface area contributed by atoms with Gasteiger partial charge in [-0.15, -0.1) is 0 Å². The van der Waals surface area contributed by atoms with Crippen molar-refractivity contribution >= 4 is 23.1 Å². The monoisotopic (exact) mass is 273 g/mol. The van der Waals surface area contributed by atoms with Crippen molar-refractivity contribution in [2.24, 2.45) is 5.73 Å². The molecular weight excluding hydrogens is 250 g/mol. The first-order valence-electron chi connectivity index (χ1n) is 6.28. The summed E-state index contributed by atoms with van der Waals surface area (Å²) in [7, 11) is 1.59. The second-order valence-corrected chi connectivity index (χ2v) is 5.35. The highest BCUT2D eigenvalue weighted by molar-refractivity contribution is 7.80. The van der Waals surface area contributed by atoms with E-state index in [-0.39, 0.29) is 5.91 Å². The molecule has 0 spiro atoms. The maximum absolute atomic E-state index is 12.3. The molecular formula is C12H23N3O2S. The molecule has 1 rings (SSSR count). The number of ether oxygens (including phenoxy) is 1. The number of nitrogens with zero attached hydrogens (tertiary/aromatic N) is 2. The number of hydrogen-bond donors (Lipinski definition) is 1. The van der Waals surface area contributed by atoms with Crippen LogP contribution >= 0.6 is 12.2 Å². The molecule has 0 saturated carbocycles. The van der Waals surface area contributed by atoms with Crippen LogP contribution in [-0.4, -0.2) is 66.1 Å². The van der Waals surface area contributed by atoms with Gasteiger partial charge in [-0.05, 0) is 13.3 Å². The number of methoxy groups -OCH3 is 1. The summed E-state index contributed by atoms with van der Waals surface area (Å²) >= 11 is 4.89. The van der Waals surface area contributed by atoms with Gasteiger partial charge in [-0.25, -0.2) is 0 Å².